The highest BCUT2D eigenvalue weighted by atomic mass is 35.5. The van der Waals surface area contributed by atoms with Crippen molar-refractivity contribution in [2.75, 3.05) is 13.1 Å². The lowest BCUT2D eigenvalue weighted by Gasteiger charge is -2.35. The summed E-state index contributed by atoms with van der Waals surface area (Å²) in [4.78, 5) is 2.46. The first-order valence-corrected chi connectivity index (χ1v) is 5.20. The molecule has 0 amide bonds. The van der Waals surface area contributed by atoms with Crippen LogP contribution in [0.15, 0.2) is 12.3 Å². The SMILES string of the molecule is CC1CN(Cc2ccn[nH]2)CC(C)N1.Cl. The van der Waals surface area contributed by atoms with Gasteiger partial charge in [-0.05, 0) is 19.9 Å². The Morgan fingerprint density at radius 3 is 2.60 bits per heavy atom. The summed E-state index contributed by atoms with van der Waals surface area (Å²) in [6, 6.07) is 3.21. The van der Waals surface area contributed by atoms with Gasteiger partial charge in [-0.3, -0.25) is 10.00 Å². The number of piperazine rings is 1. The molecule has 1 aromatic rings. The first-order chi connectivity index (χ1) is 6.74. The van der Waals surface area contributed by atoms with Crippen molar-refractivity contribution < 1.29 is 0 Å². The van der Waals surface area contributed by atoms with E-state index in [9.17, 15) is 0 Å². The number of hydrogen-bond acceptors (Lipinski definition) is 3. The van der Waals surface area contributed by atoms with Crippen LogP contribution in [0.2, 0.25) is 0 Å². The lowest BCUT2D eigenvalue weighted by Crippen LogP contribution is -2.53. The van der Waals surface area contributed by atoms with Gasteiger partial charge in [0.1, 0.15) is 0 Å². The average Bonchev–Trinajstić information content (AvgIpc) is 2.54. The van der Waals surface area contributed by atoms with Crippen LogP contribution in [0.4, 0.5) is 0 Å². The van der Waals surface area contributed by atoms with Gasteiger partial charge < -0.3 is 5.32 Å². The van der Waals surface area contributed by atoms with E-state index in [1.54, 1.807) is 0 Å². The maximum atomic E-state index is 3.96. The van der Waals surface area contributed by atoms with E-state index >= 15 is 0 Å². The van der Waals surface area contributed by atoms with Gasteiger partial charge in [0.05, 0.1) is 0 Å². The van der Waals surface area contributed by atoms with Crippen LogP contribution in [0.3, 0.4) is 0 Å². The molecule has 2 heterocycles. The summed E-state index contributed by atoms with van der Waals surface area (Å²) in [5, 5.41) is 10.5. The summed E-state index contributed by atoms with van der Waals surface area (Å²) in [6.45, 7) is 7.67. The molecular weight excluding hydrogens is 212 g/mol. The number of H-pyrrole nitrogens is 1. The largest absolute Gasteiger partial charge is 0.309 e. The average molecular weight is 231 g/mol. The van der Waals surface area contributed by atoms with E-state index in [0.717, 1.165) is 19.6 Å². The molecule has 1 aliphatic heterocycles. The highest BCUT2D eigenvalue weighted by Gasteiger charge is 2.20. The van der Waals surface area contributed by atoms with Crippen LogP contribution in [-0.2, 0) is 6.54 Å². The molecule has 1 fully saturated rings. The van der Waals surface area contributed by atoms with Crippen molar-refractivity contribution in [3.8, 4) is 0 Å². The number of aromatic nitrogens is 2. The van der Waals surface area contributed by atoms with E-state index in [-0.39, 0.29) is 12.4 Å². The van der Waals surface area contributed by atoms with Crippen molar-refractivity contribution in [2.24, 2.45) is 0 Å². The van der Waals surface area contributed by atoms with Crippen LogP contribution < -0.4 is 5.32 Å². The molecular formula is C10H19ClN4. The molecule has 0 saturated carbocycles. The van der Waals surface area contributed by atoms with Crippen molar-refractivity contribution in [3.63, 3.8) is 0 Å². The van der Waals surface area contributed by atoms with Gasteiger partial charge in [0.15, 0.2) is 0 Å². The Morgan fingerprint density at radius 2 is 2.07 bits per heavy atom. The summed E-state index contributed by atoms with van der Waals surface area (Å²) < 4.78 is 0. The highest BCUT2D eigenvalue weighted by molar-refractivity contribution is 5.85. The van der Waals surface area contributed by atoms with Crippen molar-refractivity contribution in [1.82, 2.24) is 20.4 Å². The van der Waals surface area contributed by atoms with Gasteiger partial charge in [-0.15, -0.1) is 12.4 Å². The van der Waals surface area contributed by atoms with E-state index in [0.29, 0.717) is 12.1 Å². The van der Waals surface area contributed by atoms with Crippen molar-refractivity contribution in [2.45, 2.75) is 32.5 Å². The van der Waals surface area contributed by atoms with E-state index in [1.807, 2.05) is 12.3 Å². The third kappa shape index (κ3) is 3.48. The standard InChI is InChI=1S/C10H18N4.ClH/c1-8-5-14(6-9(2)12-8)7-10-3-4-11-13-10;/h3-4,8-9,12H,5-7H2,1-2H3,(H,11,13);1H. The third-order valence-electron chi connectivity index (χ3n) is 2.59. The van der Waals surface area contributed by atoms with Gasteiger partial charge in [0.2, 0.25) is 0 Å². The van der Waals surface area contributed by atoms with E-state index in [4.69, 9.17) is 0 Å². The molecule has 0 bridgehead atoms. The lowest BCUT2D eigenvalue weighted by molar-refractivity contribution is 0.165. The zero-order chi connectivity index (χ0) is 9.97. The van der Waals surface area contributed by atoms with Gasteiger partial charge in [0, 0.05) is 43.6 Å². The summed E-state index contributed by atoms with van der Waals surface area (Å²) in [5.41, 5.74) is 1.20. The summed E-state index contributed by atoms with van der Waals surface area (Å²) in [6.07, 6.45) is 1.81. The van der Waals surface area contributed by atoms with Crippen LogP contribution in [0.5, 0.6) is 0 Å². The Kier molecular flexibility index (Phi) is 4.57. The molecule has 2 atom stereocenters. The van der Waals surface area contributed by atoms with E-state index in [1.165, 1.54) is 5.69 Å². The Hall–Kier alpha value is -0.580. The fraction of sp³-hybridized carbons (Fsp3) is 0.700. The van der Waals surface area contributed by atoms with Crippen LogP contribution in [-0.4, -0.2) is 40.3 Å². The minimum atomic E-state index is 0. The Morgan fingerprint density at radius 1 is 1.40 bits per heavy atom. The second-order valence-corrected chi connectivity index (χ2v) is 4.24. The van der Waals surface area contributed by atoms with Gasteiger partial charge in [-0.1, -0.05) is 0 Å². The number of halogens is 1. The van der Waals surface area contributed by atoms with E-state index in [2.05, 4.69) is 34.3 Å². The molecule has 5 heteroatoms. The zero-order valence-corrected chi connectivity index (χ0v) is 10.0. The molecule has 0 radical (unpaired) electrons. The fourth-order valence-corrected chi connectivity index (χ4v) is 2.18. The number of rotatable bonds is 2. The maximum absolute atomic E-state index is 3.96. The number of hydrogen-bond donors (Lipinski definition) is 2. The van der Waals surface area contributed by atoms with Crippen LogP contribution >= 0.6 is 12.4 Å². The summed E-state index contributed by atoms with van der Waals surface area (Å²) >= 11 is 0. The van der Waals surface area contributed by atoms with Crippen molar-refractivity contribution >= 4 is 12.4 Å². The van der Waals surface area contributed by atoms with Crippen molar-refractivity contribution in [3.05, 3.63) is 18.0 Å². The minimum Gasteiger partial charge on any atom is -0.309 e. The van der Waals surface area contributed by atoms with Gasteiger partial charge in [0.25, 0.3) is 0 Å². The monoisotopic (exact) mass is 230 g/mol. The molecule has 1 aromatic heterocycles. The molecule has 15 heavy (non-hydrogen) atoms. The summed E-state index contributed by atoms with van der Waals surface area (Å²) in [7, 11) is 0. The molecule has 2 rings (SSSR count). The second-order valence-electron chi connectivity index (χ2n) is 4.24. The number of nitrogens with zero attached hydrogens (tertiary/aromatic N) is 2. The normalized spacial score (nSPS) is 27.3. The highest BCUT2D eigenvalue weighted by Crippen LogP contribution is 2.07. The molecule has 0 aromatic carbocycles. The zero-order valence-electron chi connectivity index (χ0n) is 9.23. The van der Waals surface area contributed by atoms with Crippen LogP contribution in [0, 0.1) is 0 Å². The fourth-order valence-electron chi connectivity index (χ4n) is 2.18. The Balaban J connectivity index is 0.00000112. The predicted molar refractivity (Wildman–Crippen MR) is 63.2 cm³/mol. The van der Waals surface area contributed by atoms with Crippen LogP contribution in [0.1, 0.15) is 19.5 Å². The first kappa shape index (κ1) is 12.5. The molecule has 2 unspecified atom stereocenters. The van der Waals surface area contributed by atoms with Gasteiger partial charge in [-0.25, -0.2) is 0 Å². The molecule has 86 valence electrons. The second kappa shape index (κ2) is 5.49. The predicted octanol–water partition coefficient (Wildman–Crippen LogP) is 1.01. The van der Waals surface area contributed by atoms with E-state index < -0.39 is 0 Å². The Labute approximate surface area is 96.8 Å². The number of nitrogens with one attached hydrogen (secondary N) is 2. The Bertz CT molecular complexity index is 265. The molecule has 0 spiro atoms. The van der Waals surface area contributed by atoms with Gasteiger partial charge >= 0.3 is 0 Å². The third-order valence-corrected chi connectivity index (χ3v) is 2.59. The quantitative estimate of drug-likeness (QED) is 0.797. The molecule has 1 aliphatic rings. The van der Waals surface area contributed by atoms with Gasteiger partial charge in [-0.2, -0.15) is 5.10 Å². The minimum absolute atomic E-state index is 0. The molecule has 0 aliphatic carbocycles. The number of aromatic amines is 1. The molecule has 2 N–H and O–H groups in total. The molecule has 1 saturated heterocycles. The smallest absolute Gasteiger partial charge is 0.0492 e. The lowest BCUT2D eigenvalue weighted by atomic mass is 10.1. The van der Waals surface area contributed by atoms with Crippen molar-refractivity contribution in [1.29, 1.82) is 0 Å². The first-order valence-electron chi connectivity index (χ1n) is 5.20. The summed E-state index contributed by atoms with van der Waals surface area (Å²) in [5.74, 6) is 0. The maximum Gasteiger partial charge on any atom is 0.0492 e. The molecule has 4 nitrogen and oxygen atoms in total. The topological polar surface area (TPSA) is 44.0 Å². The van der Waals surface area contributed by atoms with Crippen LogP contribution in [0.25, 0.3) is 0 Å².